The summed E-state index contributed by atoms with van der Waals surface area (Å²) in [5, 5.41) is 18.7. The third-order valence-electron chi connectivity index (χ3n) is 7.40. The predicted octanol–water partition coefficient (Wildman–Crippen LogP) is 4.17. The monoisotopic (exact) mass is 561 g/mol. The van der Waals surface area contributed by atoms with Crippen molar-refractivity contribution in [1.29, 1.82) is 0 Å². The molecule has 2 aromatic carbocycles. The summed E-state index contributed by atoms with van der Waals surface area (Å²) < 4.78 is 7.71. The zero-order valence-electron chi connectivity index (χ0n) is 21.8. The van der Waals surface area contributed by atoms with Crippen molar-refractivity contribution in [2.45, 2.75) is 19.3 Å². The first-order valence-corrected chi connectivity index (χ1v) is 13.3. The van der Waals surface area contributed by atoms with E-state index in [0.717, 1.165) is 43.2 Å². The number of ether oxygens (including phenoxy) is 1. The van der Waals surface area contributed by atoms with Crippen molar-refractivity contribution < 1.29 is 24.5 Å². The third kappa shape index (κ3) is 5.71. The number of fused-ring (bicyclic) bond motifs is 6. The second-order valence-electron chi connectivity index (χ2n) is 9.95. The minimum Gasteiger partial charge on any atom is -0.493 e. The standard InChI is InChI=1S/C26H24ClN3O2.C4H4O4/c1-16-20(26(31)30-13-19(27)7-9-24(30)28-16)10-11-29-12-18-15-32-23-8-6-17-4-2-3-5-21(17)25(23)22(18)14-29;5-3(6)1-2-4(7)8/h2-9,13,18,22H,10-12,14-15H2,1H3;1-2H,(H,5,6)(H,7,8). The zero-order valence-corrected chi connectivity index (χ0v) is 22.5. The first-order valence-electron chi connectivity index (χ1n) is 12.9. The smallest absolute Gasteiger partial charge is 0.328 e. The summed E-state index contributed by atoms with van der Waals surface area (Å²) in [6.45, 7) is 5.48. The number of rotatable bonds is 5. The number of hydrogen-bond acceptors (Lipinski definition) is 6. The molecule has 9 nitrogen and oxygen atoms in total. The molecule has 206 valence electrons. The summed E-state index contributed by atoms with van der Waals surface area (Å²) in [6.07, 6.45) is 3.44. The summed E-state index contributed by atoms with van der Waals surface area (Å²) in [7, 11) is 0. The first-order chi connectivity index (χ1) is 19.2. The lowest BCUT2D eigenvalue weighted by Crippen LogP contribution is -2.28. The van der Waals surface area contributed by atoms with Crippen LogP contribution in [0.4, 0.5) is 0 Å². The molecule has 2 aliphatic rings. The minimum absolute atomic E-state index is 0.0220. The number of carboxylic acid groups (broad SMARTS) is 2. The maximum atomic E-state index is 13.1. The van der Waals surface area contributed by atoms with Crippen molar-refractivity contribution in [3.05, 3.63) is 99.1 Å². The Labute approximate surface area is 234 Å². The quantitative estimate of drug-likeness (QED) is 0.348. The highest BCUT2D eigenvalue weighted by Gasteiger charge is 2.39. The van der Waals surface area contributed by atoms with E-state index < -0.39 is 11.9 Å². The third-order valence-corrected chi connectivity index (χ3v) is 7.63. The van der Waals surface area contributed by atoms with Crippen LogP contribution in [0.5, 0.6) is 5.75 Å². The van der Waals surface area contributed by atoms with E-state index in [9.17, 15) is 14.4 Å². The van der Waals surface area contributed by atoms with E-state index in [1.54, 1.807) is 22.7 Å². The molecule has 0 amide bonds. The van der Waals surface area contributed by atoms with Crippen LogP contribution < -0.4 is 10.3 Å². The number of aliphatic carboxylic acids is 2. The van der Waals surface area contributed by atoms with E-state index in [0.29, 0.717) is 41.1 Å². The Hall–Kier alpha value is -4.21. The molecule has 10 heteroatoms. The SMILES string of the molecule is Cc1nc2ccc(Cl)cn2c(=O)c1CCN1CC2COc3ccc4ccccc4c3C2C1.O=C(O)C=CC(=O)O. The van der Waals surface area contributed by atoms with E-state index >= 15 is 0 Å². The Morgan fingerprint density at radius 3 is 2.58 bits per heavy atom. The molecule has 2 aromatic heterocycles. The largest absolute Gasteiger partial charge is 0.493 e. The van der Waals surface area contributed by atoms with Gasteiger partial charge in [0, 0.05) is 66.6 Å². The summed E-state index contributed by atoms with van der Waals surface area (Å²) >= 11 is 6.11. The Bertz CT molecular complexity index is 1680. The highest BCUT2D eigenvalue weighted by atomic mass is 35.5. The Morgan fingerprint density at radius 1 is 1.07 bits per heavy atom. The molecule has 0 radical (unpaired) electrons. The molecule has 0 bridgehead atoms. The molecule has 2 atom stereocenters. The summed E-state index contributed by atoms with van der Waals surface area (Å²) in [5.74, 6) is -0.555. The second-order valence-corrected chi connectivity index (χ2v) is 10.4. The van der Waals surface area contributed by atoms with E-state index in [2.05, 4.69) is 46.3 Å². The number of benzene rings is 2. The molecule has 1 saturated heterocycles. The first kappa shape index (κ1) is 27.4. The normalized spacial score (nSPS) is 18.1. The van der Waals surface area contributed by atoms with Gasteiger partial charge in [0.2, 0.25) is 0 Å². The van der Waals surface area contributed by atoms with Gasteiger partial charge in [-0.25, -0.2) is 14.6 Å². The molecule has 0 spiro atoms. The highest BCUT2D eigenvalue weighted by Crippen LogP contribution is 2.45. The van der Waals surface area contributed by atoms with Crippen LogP contribution in [0.3, 0.4) is 0 Å². The van der Waals surface area contributed by atoms with Crippen LogP contribution >= 0.6 is 11.6 Å². The van der Waals surface area contributed by atoms with Gasteiger partial charge < -0.3 is 19.8 Å². The van der Waals surface area contributed by atoms with E-state index in [1.165, 1.54) is 16.3 Å². The summed E-state index contributed by atoms with van der Waals surface area (Å²) in [5.41, 5.74) is 3.52. The summed E-state index contributed by atoms with van der Waals surface area (Å²) in [4.78, 5) is 39.3. The Morgan fingerprint density at radius 2 is 1.82 bits per heavy atom. The van der Waals surface area contributed by atoms with Crippen molar-refractivity contribution in [3.63, 3.8) is 0 Å². The fraction of sp³-hybridized carbons (Fsp3) is 0.267. The van der Waals surface area contributed by atoms with Crippen LogP contribution in [0.25, 0.3) is 16.4 Å². The van der Waals surface area contributed by atoms with Gasteiger partial charge in [-0.05, 0) is 42.3 Å². The number of halogens is 1. The zero-order chi connectivity index (χ0) is 28.4. The van der Waals surface area contributed by atoms with Gasteiger partial charge in [-0.15, -0.1) is 0 Å². The number of pyridine rings is 1. The number of aromatic nitrogens is 2. The Balaban J connectivity index is 0.000000355. The van der Waals surface area contributed by atoms with E-state index in [1.807, 2.05) is 6.92 Å². The number of nitrogens with zero attached hydrogens (tertiary/aromatic N) is 3. The molecule has 2 unspecified atom stereocenters. The van der Waals surface area contributed by atoms with Crippen LogP contribution in [0, 0.1) is 12.8 Å². The second kappa shape index (κ2) is 11.5. The van der Waals surface area contributed by atoms with Gasteiger partial charge in [0.1, 0.15) is 11.4 Å². The molecule has 0 aliphatic carbocycles. The van der Waals surface area contributed by atoms with Gasteiger partial charge in [0.15, 0.2) is 0 Å². The molecule has 2 aliphatic heterocycles. The van der Waals surface area contributed by atoms with Crippen LogP contribution in [0.15, 0.2) is 71.7 Å². The van der Waals surface area contributed by atoms with Crippen molar-refractivity contribution in [3.8, 4) is 5.75 Å². The van der Waals surface area contributed by atoms with Gasteiger partial charge >= 0.3 is 11.9 Å². The minimum atomic E-state index is -1.26. The molecular formula is C30H28ClN3O6. The summed E-state index contributed by atoms with van der Waals surface area (Å²) in [6, 6.07) is 16.4. The van der Waals surface area contributed by atoms with Crippen LogP contribution in [0.2, 0.25) is 5.02 Å². The average Bonchev–Trinajstić information content (AvgIpc) is 3.35. The maximum Gasteiger partial charge on any atom is 0.328 e. The lowest BCUT2D eigenvalue weighted by Gasteiger charge is -2.29. The number of aryl methyl sites for hydroxylation is 1. The van der Waals surface area contributed by atoms with E-state index in [-0.39, 0.29) is 5.56 Å². The van der Waals surface area contributed by atoms with Gasteiger partial charge in [0.25, 0.3) is 5.56 Å². The van der Waals surface area contributed by atoms with Crippen LogP contribution in [0.1, 0.15) is 22.7 Å². The number of likely N-dealkylation sites (tertiary alicyclic amines) is 1. The Kier molecular flexibility index (Phi) is 7.86. The van der Waals surface area contributed by atoms with E-state index in [4.69, 9.17) is 26.6 Å². The molecular weight excluding hydrogens is 534 g/mol. The molecule has 0 saturated carbocycles. The highest BCUT2D eigenvalue weighted by molar-refractivity contribution is 6.30. The molecule has 4 aromatic rings. The fourth-order valence-electron chi connectivity index (χ4n) is 5.58. The van der Waals surface area contributed by atoms with Crippen molar-refractivity contribution in [1.82, 2.24) is 14.3 Å². The molecule has 40 heavy (non-hydrogen) atoms. The molecule has 2 N–H and O–H groups in total. The maximum absolute atomic E-state index is 13.1. The van der Waals surface area contributed by atoms with Crippen molar-refractivity contribution >= 4 is 40.0 Å². The molecule has 6 rings (SSSR count). The number of hydrogen-bond donors (Lipinski definition) is 2. The van der Waals surface area contributed by atoms with Gasteiger partial charge in [0.05, 0.1) is 11.6 Å². The topological polar surface area (TPSA) is 121 Å². The van der Waals surface area contributed by atoms with Crippen molar-refractivity contribution in [2.24, 2.45) is 5.92 Å². The van der Waals surface area contributed by atoms with Gasteiger partial charge in [-0.2, -0.15) is 0 Å². The van der Waals surface area contributed by atoms with Crippen molar-refractivity contribution in [2.75, 3.05) is 26.2 Å². The lowest BCUT2D eigenvalue weighted by molar-refractivity contribution is -0.134. The van der Waals surface area contributed by atoms with Gasteiger partial charge in [-0.3, -0.25) is 9.20 Å². The van der Waals surface area contributed by atoms with Crippen LogP contribution in [-0.4, -0.2) is 62.7 Å². The van der Waals surface area contributed by atoms with Gasteiger partial charge in [-0.1, -0.05) is 41.9 Å². The lowest BCUT2D eigenvalue weighted by atomic mass is 9.84. The molecule has 4 heterocycles. The number of carbonyl (C=O) groups is 2. The molecule has 1 fully saturated rings. The number of carboxylic acids is 2. The van der Waals surface area contributed by atoms with Crippen LogP contribution in [-0.2, 0) is 16.0 Å². The predicted molar refractivity (Wildman–Crippen MR) is 151 cm³/mol. The fourth-order valence-corrected chi connectivity index (χ4v) is 5.74. The average molecular weight is 562 g/mol.